The van der Waals surface area contributed by atoms with Crippen molar-refractivity contribution in [2.75, 3.05) is 5.32 Å². The van der Waals surface area contributed by atoms with Gasteiger partial charge < -0.3 is 10.1 Å². The first-order chi connectivity index (χ1) is 17.7. The number of pyridine rings is 3. The van der Waals surface area contributed by atoms with E-state index in [4.69, 9.17) is 9.72 Å². The fourth-order valence-corrected chi connectivity index (χ4v) is 3.92. The van der Waals surface area contributed by atoms with Gasteiger partial charge >= 0.3 is 0 Å². The van der Waals surface area contributed by atoms with Crippen LogP contribution in [0.25, 0.3) is 11.4 Å². The number of ether oxygens (including phenoxy) is 1. The fourth-order valence-electron chi connectivity index (χ4n) is 3.92. The second-order valence-corrected chi connectivity index (χ2v) is 8.30. The quantitative estimate of drug-likeness (QED) is 0.295. The summed E-state index contributed by atoms with van der Waals surface area (Å²) in [6.07, 6.45) is 5.84. The molecule has 4 aromatic heterocycles. The van der Waals surface area contributed by atoms with Crippen molar-refractivity contribution < 1.29 is 4.74 Å². The molecule has 0 aliphatic rings. The topological polar surface area (TPSA) is 114 Å². The summed E-state index contributed by atoms with van der Waals surface area (Å²) in [6, 6.07) is 19.7. The van der Waals surface area contributed by atoms with Crippen LogP contribution in [-0.2, 0) is 19.3 Å². The number of nitrogens with one attached hydrogen (secondary N) is 2. The van der Waals surface area contributed by atoms with Gasteiger partial charge in [0.25, 0.3) is 0 Å². The lowest BCUT2D eigenvalue weighted by Gasteiger charge is -2.14. The van der Waals surface area contributed by atoms with E-state index in [0.29, 0.717) is 29.6 Å². The van der Waals surface area contributed by atoms with Crippen molar-refractivity contribution in [3.8, 4) is 22.9 Å². The number of benzene rings is 1. The number of nitrogens with zero attached hydrogens (tertiary/aromatic N) is 6. The Balaban J connectivity index is 1.35. The van der Waals surface area contributed by atoms with Crippen molar-refractivity contribution in [3.05, 3.63) is 95.7 Å². The van der Waals surface area contributed by atoms with Crippen molar-refractivity contribution in [2.24, 2.45) is 0 Å². The van der Waals surface area contributed by atoms with Crippen LogP contribution in [0.3, 0.4) is 0 Å². The van der Waals surface area contributed by atoms with Crippen LogP contribution in [0.1, 0.15) is 29.6 Å². The molecule has 2 N–H and O–H groups in total. The number of anilines is 2. The highest BCUT2D eigenvalue weighted by atomic mass is 16.5. The Morgan fingerprint density at radius 3 is 2.69 bits per heavy atom. The van der Waals surface area contributed by atoms with E-state index in [1.165, 1.54) is 0 Å². The van der Waals surface area contributed by atoms with E-state index in [2.05, 4.69) is 55.0 Å². The molecular formula is C27H26N8O. The van der Waals surface area contributed by atoms with Crippen LogP contribution in [0, 0.1) is 6.92 Å². The first kappa shape index (κ1) is 23.1. The van der Waals surface area contributed by atoms with Gasteiger partial charge in [-0.2, -0.15) is 5.21 Å². The van der Waals surface area contributed by atoms with E-state index in [9.17, 15) is 0 Å². The second kappa shape index (κ2) is 10.7. The summed E-state index contributed by atoms with van der Waals surface area (Å²) in [5, 5.41) is 17.5. The zero-order valence-corrected chi connectivity index (χ0v) is 20.1. The lowest BCUT2D eigenvalue weighted by Crippen LogP contribution is -2.00. The SMILES string of the molecule is CCc1nc(-c2ccccn2)c(Oc2ccnc(Nc3cccc(CCc4nn[nH]n4)c3)c2)cc1C. The normalized spacial score (nSPS) is 10.8. The Hall–Kier alpha value is -4.66. The third-order valence-corrected chi connectivity index (χ3v) is 5.71. The molecule has 0 aliphatic carbocycles. The van der Waals surface area contributed by atoms with Crippen LogP contribution in [-0.4, -0.2) is 35.6 Å². The van der Waals surface area contributed by atoms with Crippen molar-refractivity contribution in [3.63, 3.8) is 0 Å². The van der Waals surface area contributed by atoms with Crippen LogP contribution >= 0.6 is 0 Å². The molecule has 0 aliphatic heterocycles. The van der Waals surface area contributed by atoms with Gasteiger partial charge in [0.05, 0.1) is 5.69 Å². The molecule has 36 heavy (non-hydrogen) atoms. The summed E-state index contributed by atoms with van der Waals surface area (Å²) in [6.45, 7) is 4.14. The van der Waals surface area contributed by atoms with Gasteiger partial charge in [0.1, 0.15) is 17.3 Å². The highest BCUT2D eigenvalue weighted by Gasteiger charge is 2.14. The van der Waals surface area contributed by atoms with Gasteiger partial charge in [-0.05, 0) is 67.3 Å². The molecule has 1 aromatic carbocycles. The molecule has 0 unspecified atom stereocenters. The molecule has 0 saturated heterocycles. The average molecular weight is 479 g/mol. The Labute approximate surface area is 209 Å². The van der Waals surface area contributed by atoms with Gasteiger partial charge in [-0.15, -0.1) is 10.2 Å². The maximum Gasteiger partial charge on any atom is 0.174 e. The zero-order chi connectivity index (χ0) is 24.7. The fraction of sp³-hybridized carbons (Fsp3) is 0.185. The minimum atomic E-state index is 0.656. The van der Waals surface area contributed by atoms with Gasteiger partial charge in [0, 0.05) is 36.3 Å². The lowest BCUT2D eigenvalue weighted by molar-refractivity contribution is 0.481. The van der Waals surface area contributed by atoms with E-state index in [1.807, 2.05) is 55.5 Å². The third-order valence-electron chi connectivity index (χ3n) is 5.71. The van der Waals surface area contributed by atoms with Gasteiger partial charge in [0.2, 0.25) is 0 Å². The summed E-state index contributed by atoms with van der Waals surface area (Å²) in [4.78, 5) is 13.8. The smallest absolute Gasteiger partial charge is 0.174 e. The molecule has 9 heteroatoms. The van der Waals surface area contributed by atoms with Crippen LogP contribution < -0.4 is 10.1 Å². The molecule has 5 aromatic rings. The van der Waals surface area contributed by atoms with Gasteiger partial charge in [-0.1, -0.05) is 30.3 Å². The monoisotopic (exact) mass is 478 g/mol. The molecule has 5 rings (SSSR count). The molecule has 0 amide bonds. The zero-order valence-electron chi connectivity index (χ0n) is 20.1. The molecule has 0 bridgehead atoms. The molecule has 0 atom stereocenters. The van der Waals surface area contributed by atoms with Crippen molar-refractivity contribution in [2.45, 2.75) is 33.1 Å². The minimum absolute atomic E-state index is 0.656. The highest BCUT2D eigenvalue weighted by Crippen LogP contribution is 2.33. The molecule has 4 heterocycles. The maximum absolute atomic E-state index is 6.32. The van der Waals surface area contributed by atoms with E-state index >= 15 is 0 Å². The molecule has 9 nitrogen and oxygen atoms in total. The van der Waals surface area contributed by atoms with Crippen molar-refractivity contribution >= 4 is 11.5 Å². The predicted octanol–water partition coefficient (Wildman–Crippen LogP) is 5.24. The van der Waals surface area contributed by atoms with Crippen molar-refractivity contribution in [1.29, 1.82) is 0 Å². The van der Waals surface area contributed by atoms with Crippen LogP contribution in [0.4, 0.5) is 11.5 Å². The van der Waals surface area contributed by atoms with Gasteiger partial charge in [-0.3, -0.25) is 4.98 Å². The van der Waals surface area contributed by atoms with E-state index < -0.39 is 0 Å². The van der Waals surface area contributed by atoms with Gasteiger partial charge in [0.15, 0.2) is 11.6 Å². The number of rotatable bonds is 9. The summed E-state index contributed by atoms with van der Waals surface area (Å²) in [5.41, 5.74) is 5.70. The number of H-pyrrole nitrogens is 1. The summed E-state index contributed by atoms with van der Waals surface area (Å²) < 4.78 is 6.32. The Kier molecular flexibility index (Phi) is 6.88. The molecular weight excluding hydrogens is 452 g/mol. The molecule has 0 spiro atoms. The maximum atomic E-state index is 6.32. The summed E-state index contributed by atoms with van der Waals surface area (Å²) in [7, 11) is 0. The number of hydrogen-bond donors (Lipinski definition) is 2. The molecule has 0 radical (unpaired) electrons. The number of aromatic nitrogens is 7. The number of aryl methyl sites for hydroxylation is 4. The highest BCUT2D eigenvalue weighted by molar-refractivity contribution is 5.65. The Morgan fingerprint density at radius 1 is 0.944 bits per heavy atom. The van der Waals surface area contributed by atoms with Crippen molar-refractivity contribution in [1.82, 2.24) is 35.6 Å². The van der Waals surface area contributed by atoms with E-state index in [1.54, 1.807) is 12.4 Å². The Bertz CT molecular complexity index is 1440. The molecule has 180 valence electrons. The first-order valence-corrected chi connectivity index (χ1v) is 11.8. The van der Waals surface area contributed by atoms with E-state index in [0.717, 1.165) is 46.7 Å². The van der Waals surface area contributed by atoms with Crippen LogP contribution in [0.2, 0.25) is 0 Å². The summed E-state index contributed by atoms with van der Waals surface area (Å²) in [5.74, 6) is 2.69. The largest absolute Gasteiger partial charge is 0.455 e. The number of aromatic amines is 1. The van der Waals surface area contributed by atoms with E-state index in [-0.39, 0.29) is 0 Å². The second-order valence-electron chi connectivity index (χ2n) is 8.30. The molecule has 0 saturated carbocycles. The van der Waals surface area contributed by atoms with Gasteiger partial charge in [-0.25, -0.2) is 9.97 Å². The standard InChI is InChI=1S/C27H26N8O/c1-3-22-18(2)15-24(27(31-22)23-9-4-5-13-28-23)36-21-12-14-29-26(17-21)30-20-8-6-7-19(16-20)10-11-25-32-34-35-33-25/h4-9,12-17H,3,10-11H2,1-2H3,(H,29,30)(H,32,33,34,35). The number of tetrazole rings is 1. The minimum Gasteiger partial charge on any atom is -0.455 e. The Morgan fingerprint density at radius 2 is 1.89 bits per heavy atom. The number of hydrogen-bond acceptors (Lipinski definition) is 8. The third kappa shape index (κ3) is 5.52. The van der Waals surface area contributed by atoms with Crippen LogP contribution in [0.5, 0.6) is 11.5 Å². The predicted molar refractivity (Wildman–Crippen MR) is 137 cm³/mol. The average Bonchev–Trinajstić information content (AvgIpc) is 3.43. The van der Waals surface area contributed by atoms with Crippen LogP contribution in [0.15, 0.2) is 73.1 Å². The first-order valence-electron chi connectivity index (χ1n) is 11.8. The lowest BCUT2D eigenvalue weighted by atomic mass is 10.1. The molecule has 0 fully saturated rings. The summed E-state index contributed by atoms with van der Waals surface area (Å²) >= 11 is 0.